The van der Waals surface area contributed by atoms with Crippen LogP contribution in [0.4, 0.5) is 11.4 Å². The molecular formula is C15H15N3O2S. The van der Waals surface area contributed by atoms with Crippen LogP contribution in [0.25, 0.3) is 0 Å². The topological polar surface area (TPSA) is 96.0 Å². The Morgan fingerprint density at radius 1 is 1.24 bits per heavy atom. The molecule has 0 aliphatic rings. The molecule has 0 saturated carbocycles. The zero-order valence-electron chi connectivity index (χ0n) is 11.5. The third-order valence-electron chi connectivity index (χ3n) is 3.05. The number of nitrogens with zero attached hydrogens (tertiary/aromatic N) is 1. The van der Waals surface area contributed by atoms with Crippen molar-refractivity contribution in [3.05, 3.63) is 53.6 Å². The maximum Gasteiger partial charge on any atom is 0.261 e. The zero-order chi connectivity index (χ0) is 15.5. The molecule has 0 bridgehead atoms. The van der Waals surface area contributed by atoms with E-state index < -0.39 is 10.0 Å². The van der Waals surface area contributed by atoms with Gasteiger partial charge < -0.3 is 5.73 Å². The van der Waals surface area contributed by atoms with Gasteiger partial charge >= 0.3 is 0 Å². The van der Waals surface area contributed by atoms with Gasteiger partial charge in [0.25, 0.3) is 10.0 Å². The molecule has 0 unspecified atom stereocenters. The van der Waals surface area contributed by atoms with Gasteiger partial charge in [0, 0.05) is 5.69 Å². The van der Waals surface area contributed by atoms with Crippen molar-refractivity contribution in [2.75, 3.05) is 10.5 Å². The summed E-state index contributed by atoms with van der Waals surface area (Å²) in [5.41, 5.74) is 8.05. The molecule has 5 nitrogen and oxygen atoms in total. The first-order valence-electron chi connectivity index (χ1n) is 6.37. The maximum atomic E-state index is 12.3. The van der Waals surface area contributed by atoms with Crippen LogP contribution in [0.1, 0.15) is 18.1 Å². The van der Waals surface area contributed by atoms with Gasteiger partial charge in [0.15, 0.2) is 0 Å². The Hall–Kier alpha value is -2.52. The molecule has 2 aromatic carbocycles. The summed E-state index contributed by atoms with van der Waals surface area (Å²) in [5, 5.41) is 8.83. The predicted molar refractivity (Wildman–Crippen MR) is 82.2 cm³/mol. The minimum absolute atomic E-state index is 0.0414. The Balaban J connectivity index is 2.33. The molecule has 0 aromatic heterocycles. The van der Waals surface area contributed by atoms with Crippen LogP contribution in [0.3, 0.4) is 0 Å². The number of anilines is 2. The van der Waals surface area contributed by atoms with Crippen LogP contribution in [0.15, 0.2) is 47.4 Å². The fourth-order valence-electron chi connectivity index (χ4n) is 1.93. The molecule has 21 heavy (non-hydrogen) atoms. The molecule has 0 amide bonds. The smallest absolute Gasteiger partial charge is 0.261 e. The van der Waals surface area contributed by atoms with Crippen molar-refractivity contribution in [2.45, 2.75) is 18.2 Å². The highest BCUT2D eigenvalue weighted by Crippen LogP contribution is 2.21. The summed E-state index contributed by atoms with van der Waals surface area (Å²) in [4.78, 5) is 0.0414. The van der Waals surface area contributed by atoms with Crippen LogP contribution in [-0.4, -0.2) is 8.42 Å². The molecule has 2 rings (SSSR count). The van der Waals surface area contributed by atoms with E-state index in [9.17, 15) is 8.42 Å². The second kappa shape index (κ2) is 5.85. The normalized spacial score (nSPS) is 10.9. The first-order valence-corrected chi connectivity index (χ1v) is 7.86. The van der Waals surface area contributed by atoms with Gasteiger partial charge in [-0.1, -0.05) is 19.1 Å². The number of nitrogen functional groups attached to an aromatic ring is 1. The average molecular weight is 301 g/mol. The molecule has 0 radical (unpaired) electrons. The molecule has 0 aliphatic heterocycles. The molecule has 2 aromatic rings. The number of nitrogens with one attached hydrogen (secondary N) is 1. The van der Waals surface area contributed by atoms with Crippen LogP contribution in [0.5, 0.6) is 0 Å². The van der Waals surface area contributed by atoms with Crippen LogP contribution in [0, 0.1) is 11.3 Å². The van der Waals surface area contributed by atoms with Crippen molar-refractivity contribution in [2.24, 2.45) is 0 Å². The van der Waals surface area contributed by atoms with Crippen LogP contribution in [-0.2, 0) is 16.4 Å². The number of rotatable bonds is 4. The third kappa shape index (κ3) is 3.33. The van der Waals surface area contributed by atoms with Gasteiger partial charge in [-0.2, -0.15) is 5.26 Å². The molecule has 0 spiro atoms. The summed E-state index contributed by atoms with van der Waals surface area (Å²) in [5.74, 6) is 0. The number of nitrogens with two attached hydrogens (primary N) is 1. The second-order valence-electron chi connectivity index (χ2n) is 4.51. The number of benzene rings is 2. The highest BCUT2D eigenvalue weighted by molar-refractivity contribution is 7.92. The summed E-state index contributed by atoms with van der Waals surface area (Å²) in [7, 11) is -3.74. The van der Waals surface area contributed by atoms with E-state index in [0.29, 0.717) is 16.9 Å². The SMILES string of the molecule is CCc1ccc(NS(=O)(=O)c2cccc(C#N)c2)cc1N. The second-order valence-corrected chi connectivity index (χ2v) is 6.19. The first-order chi connectivity index (χ1) is 9.96. The van der Waals surface area contributed by atoms with Crippen molar-refractivity contribution < 1.29 is 8.42 Å². The molecule has 3 N–H and O–H groups in total. The quantitative estimate of drug-likeness (QED) is 0.848. The minimum Gasteiger partial charge on any atom is -0.398 e. The number of hydrogen-bond acceptors (Lipinski definition) is 4. The molecule has 0 heterocycles. The highest BCUT2D eigenvalue weighted by atomic mass is 32.2. The van der Waals surface area contributed by atoms with Gasteiger partial charge in [-0.05, 0) is 42.3 Å². The monoisotopic (exact) mass is 301 g/mol. The lowest BCUT2D eigenvalue weighted by atomic mass is 10.1. The summed E-state index contributed by atoms with van der Waals surface area (Å²) in [6.07, 6.45) is 0.781. The molecular weight excluding hydrogens is 286 g/mol. The molecule has 0 aliphatic carbocycles. The van der Waals surface area contributed by atoms with Gasteiger partial charge in [-0.25, -0.2) is 8.42 Å². The summed E-state index contributed by atoms with van der Waals surface area (Å²) in [6, 6.07) is 12.8. The molecule has 108 valence electrons. The lowest BCUT2D eigenvalue weighted by Gasteiger charge is -2.10. The van der Waals surface area contributed by atoms with Crippen molar-refractivity contribution >= 4 is 21.4 Å². The van der Waals surface area contributed by atoms with Gasteiger partial charge in [0.1, 0.15) is 0 Å². The summed E-state index contributed by atoms with van der Waals surface area (Å²) >= 11 is 0. The van der Waals surface area contributed by atoms with Crippen LogP contribution in [0.2, 0.25) is 0 Å². The van der Waals surface area contributed by atoms with E-state index in [2.05, 4.69) is 4.72 Å². The van der Waals surface area contributed by atoms with Crippen LogP contribution >= 0.6 is 0 Å². The van der Waals surface area contributed by atoms with Crippen molar-refractivity contribution in [3.63, 3.8) is 0 Å². The Morgan fingerprint density at radius 3 is 2.62 bits per heavy atom. The van der Waals surface area contributed by atoms with E-state index in [-0.39, 0.29) is 4.90 Å². The fourth-order valence-corrected chi connectivity index (χ4v) is 3.02. The van der Waals surface area contributed by atoms with Gasteiger partial charge in [-0.15, -0.1) is 0 Å². The predicted octanol–water partition coefficient (Wildman–Crippen LogP) is 2.50. The number of hydrogen-bond donors (Lipinski definition) is 2. The number of sulfonamides is 1. The zero-order valence-corrected chi connectivity index (χ0v) is 12.3. The van der Waals surface area contributed by atoms with E-state index in [4.69, 9.17) is 11.0 Å². The highest BCUT2D eigenvalue weighted by Gasteiger charge is 2.15. The largest absolute Gasteiger partial charge is 0.398 e. The van der Waals surface area contributed by atoms with Crippen molar-refractivity contribution in [1.29, 1.82) is 5.26 Å². The van der Waals surface area contributed by atoms with Crippen LogP contribution < -0.4 is 10.5 Å². The Bertz CT molecular complexity index is 808. The standard InChI is InChI=1S/C15H15N3O2S/c1-2-12-6-7-13(9-15(12)17)18-21(19,20)14-5-3-4-11(8-14)10-16/h3-9,18H,2,17H2,1H3. The lowest BCUT2D eigenvalue weighted by Crippen LogP contribution is -2.13. The summed E-state index contributed by atoms with van der Waals surface area (Å²) < 4.78 is 27.0. The number of aryl methyl sites for hydroxylation is 1. The van der Waals surface area contributed by atoms with Gasteiger partial charge in [0.05, 0.1) is 22.2 Å². The Morgan fingerprint density at radius 2 is 2.00 bits per heavy atom. The van der Waals surface area contributed by atoms with Gasteiger partial charge in [-0.3, -0.25) is 4.72 Å². The average Bonchev–Trinajstić information content (AvgIpc) is 2.47. The van der Waals surface area contributed by atoms with E-state index in [0.717, 1.165) is 12.0 Å². The molecule has 0 fully saturated rings. The lowest BCUT2D eigenvalue weighted by molar-refractivity contribution is 0.601. The fraction of sp³-hybridized carbons (Fsp3) is 0.133. The van der Waals surface area contributed by atoms with E-state index >= 15 is 0 Å². The summed E-state index contributed by atoms with van der Waals surface area (Å²) in [6.45, 7) is 1.98. The van der Waals surface area contributed by atoms with Gasteiger partial charge in [0.2, 0.25) is 0 Å². The number of nitriles is 1. The molecule has 0 atom stereocenters. The van der Waals surface area contributed by atoms with Crippen molar-refractivity contribution in [1.82, 2.24) is 0 Å². The first kappa shape index (κ1) is 14.9. The van der Waals surface area contributed by atoms with E-state index in [1.165, 1.54) is 18.2 Å². The van der Waals surface area contributed by atoms with E-state index in [1.807, 2.05) is 13.0 Å². The molecule has 6 heteroatoms. The minimum atomic E-state index is -3.74. The Kier molecular flexibility index (Phi) is 4.15. The van der Waals surface area contributed by atoms with E-state index in [1.54, 1.807) is 24.3 Å². The Labute approximate surface area is 124 Å². The van der Waals surface area contributed by atoms with Crippen molar-refractivity contribution in [3.8, 4) is 6.07 Å². The maximum absolute atomic E-state index is 12.3. The third-order valence-corrected chi connectivity index (χ3v) is 4.43. The molecule has 0 saturated heterocycles.